The van der Waals surface area contributed by atoms with Gasteiger partial charge in [-0.3, -0.25) is 4.79 Å². The maximum Gasteiger partial charge on any atom is 0.160 e. The molecule has 0 radical (unpaired) electrons. The summed E-state index contributed by atoms with van der Waals surface area (Å²) in [5, 5.41) is 8.23. The van der Waals surface area contributed by atoms with Crippen molar-refractivity contribution in [3.8, 4) is 0 Å². The van der Waals surface area contributed by atoms with Crippen LogP contribution in [0.5, 0.6) is 0 Å². The van der Waals surface area contributed by atoms with Crippen molar-refractivity contribution >= 4 is 33.1 Å². The molecule has 0 spiro atoms. The van der Waals surface area contributed by atoms with E-state index in [4.69, 9.17) is 0 Å². The lowest BCUT2D eigenvalue weighted by Gasteiger charge is -2.00. The van der Waals surface area contributed by atoms with Crippen LogP contribution in [0.4, 0.5) is 11.4 Å². The van der Waals surface area contributed by atoms with Crippen molar-refractivity contribution in [2.75, 3.05) is 0 Å². The third-order valence-corrected chi connectivity index (χ3v) is 3.03. The highest BCUT2D eigenvalue weighted by Gasteiger charge is 2.05. The fraction of sp³-hybridized carbons (Fsp3) is 0.0714. The molecule has 0 heterocycles. The number of benzene rings is 2. The molecule has 18 heavy (non-hydrogen) atoms. The topological polar surface area (TPSA) is 41.8 Å². The average molecular weight is 303 g/mol. The third kappa shape index (κ3) is 3.11. The SMILES string of the molecule is CC(=O)c1ccc(/N=N/c2ccccc2)cc1Br. The number of nitrogens with zero attached hydrogens (tertiary/aromatic N) is 2. The first kappa shape index (κ1) is 12.6. The van der Waals surface area contributed by atoms with Crippen molar-refractivity contribution < 1.29 is 4.79 Å². The van der Waals surface area contributed by atoms with Crippen LogP contribution in [0.1, 0.15) is 17.3 Å². The van der Waals surface area contributed by atoms with Crippen molar-refractivity contribution in [2.24, 2.45) is 10.2 Å². The molecular weight excluding hydrogens is 292 g/mol. The number of halogens is 1. The predicted molar refractivity (Wildman–Crippen MR) is 74.8 cm³/mol. The summed E-state index contributed by atoms with van der Waals surface area (Å²) in [5.74, 6) is 0.0217. The summed E-state index contributed by atoms with van der Waals surface area (Å²) in [6.45, 7) is 1.53. The van der Waals surface area contributed by atoms with Crippen molar-refractivity contribution in [2.45, 2.75) is 6.92 Å². The second-order valence-corrected chi connectivity index (χ2v) is 4.61. The third-order valence-electron chi connectivity index (χ3n) is 2.37. The van der Waals surface area contributed by atoms with Gasteiger partial charge in [-0.25, -0.2) is 0 Å². The van der Waals surface area contributed by atoms with E-state index in [1.165, 1.54) is 6.92 Å². The largest absolute Gasteiger partial charge is 0.294 e. The lowest BCUT2D eigenvalue weighted by molar-refractivity contribution is 0.101. The van der Waals surface area contributed by atoms with Crippen LogP contribution in [-0.4, -0.2) is 5.78 Å². The molecule has 3 nitrogen and oxygen atoms in total. The first-order valence-corrected chi connectivity index (χ1v) is 6.23. The van der Waals surface area contributed by atoms with E-state index in [1.807, 2.05) is 30.3 Å². The van der Waals surface area contributed by atoms with Gasteiger partial charge in [0.05, 0.1) is 11.4 Å². The highest BCUT2D eigenvalue weighted by atomic mass is 79.9. The van der Waals surface area contributed by atoms with Crippen LogP contribution in [0.3, 0.4) is 0 Å². The molecule has 0 unspecified atom stereocenters. The zero-order chi connectivity index (χ0) is 13.0. The van der Waals surface area contributed by atoms with Gasteiger partial charge in [-0.15, -0.1) is 0 Å². The Bertz CT molecular complexity index is 594. The maximum absolute atomic E-state index is 11.3. The Labute approximate surface area is 114 Å². The van der Waals surface area contributed by atoms with E-state index in [-0.39, 0.29) is 5.78 Å². The number of ketones is 1. The van der Waals surface area contributed by atoms with Gasteiger partial charge in [-0.1, -0.05) is 18.2 Å². The second kappa shape index (κ2) is 5.69. The second-order valence-electron chi connectivity index (χ2n) is 3.76. The Morgan fingerprint density at radius 1 is 1.00 bits per heavy atom. The zero-order valence-electron chi connectivity index (χ0n) is 9.80. The van der Waals surface area contributed by atoms with Crippen LogP contribution in [0, 0.1) is 0 Å². The molecular formula is C14H11BrN2O. The Morgan fingerprint density at radius 2 is 1.67 bits per heavy atom. The predicted octanol–water partition coefficient (Wildman–Crippen LogP) is 5.07. The summed E-state index contributed by atoms with van der Waals surface area (Å²) >= 11 is 3.35. The van der Waals surface area contributed by atoms with Gasteiger partial charge in [0.25, 0.3) is 0 Å². The minimum absolute atomic E-state index is 0.0217. The first-order chi connectivity index (χ1) is 8.66. The van der Waals surface area contributed by atoms with Crippen LogP contribution in [-0.2, 0) is 0 Å². The zero-order valence-corrected chi connectivity index (χ0v) is 11.4. The van der Waals surface area contributed by atoms with Gasteiger partial charge in [-0.05, 0) is 53.2 Å². The minimum atomic E-state index is 0.0217. The summed E-state index contributed by atoms with van der Waals surface area (Å²) < 4.78 is 0.736. The van der Waals surface area contributed by atoms with Crippen molar-refractivity contribution in [1.29, 1.82) is 0 Å². The number of azo groups is 1. The van der Waals surface area contributed by atoms with Crippen molar-refractivity contribution in [3.63, 3.8) is 0 Å². The Morgan fingerprint density at radius 3 is 2.28 bits per heavy atom. The van der Waals surface area contributed by atoms with Gasteiger partial charge < -0.3 is 0 Å². The fourth-order valence-electron chi connectivity index (χ4n) is 1.46. The molecule has 0 N–H and O–H groups in total. The van der Waals surface area contributed by atoms with E-state index >= 15 is 0 Å². The molecule has 90 valence electrons. The number of rotatable bonds is 3. The molecule has 2 aromatic carbocycles. The standard InChI is InChI=1S/C14H11BrN2O/c1-10(18)13-8-7-12(9-14(13)15)17-16-11-5-3-2-4-6-11/h2-9H,1H3/b17-16+. The van der Waals surface area contributed by atoms with Crippen LogP contribution < -0.4 is 0 Å². The molecule has 0 amide bonds. The molecule has 0 aromatic heterocycles. The van der Waals surface area contributed by atoms with Gasteiger partial charge in [0, 0.05) is 10.0 Å². The quantitative estimate of drug-likeness (QED) is 0.576. The van der Waals surface area contributed by atoms with Crippen molar-refractivity contribution in [1.82, 2.24) is 0 Å². The van der Waals surface area contributed by atoms with E-state index < -0.39 is 0 Å². The Hall–Kier alpha value is -1.81. The van der Waals surface area contributed by atoms with Crippen LogP contribution >= 0.6 is 15.9 Å². The Balaban J connectivity index is 2.23. The van der Waals surface area contributed by atoms with Crippen LogP contribution in [0.25, 0.3) is 0 Å². The number of carbonyl (C=O) groups is 1. The van der Waals surface area contributed by atoms with Crippen molar-refractivity contribution in [3.05, 3.63) is 58.6 Å². The lowest BCUT2D eigenvalue weighted by atomic mass is 10.1. The number of hydrogen-bond donors (Lipinski definition) is 0. The molecule has 0 atom stereocenters. The summed E-state index contributed by atoms with van der Waals surface area (Å²) in [7, 11) is 0. The van der Waals surface area contributed by atoms with E-state index in [9.17, 15) is 4.79 Å². The molecule has 0 bridgehead atoms. The molecule has 0 aliphatic carbocycles. The highest BCUT2D eigenvalue weighted by Crippen LogP contribution is 2.25. The molecule has 0 saturated heterocycles. The summed E-state index contributed by atoms with van der Waals surface area (Å²) in [5.41, 5.74) is 2.15. The first-order valence-electron chi connectivity index (χ1n) is 5.44. The van der Waals surface area contributed by atoms with E-state index in [2.05, 4.69) is 26.2 Å². The summed E-state index contributed by atoms with van der Waals surface area (Å²) in [4.78, 5) is 11.3. The molecule has 0 aliphatic heterocycles. The molecule has 0 fully saturated rings. The van der Waals surface area contributed by atoms with Crippen LogP contribution in [0.2, 0.25) is 0 Å². The molecule has 2 aromatic rings. The van der Waals surface area contributed by atoms with Gasteiger partial charge in [-0.2, -0.15) is 10.2 Å². The van der Waals surface area contributed by atoms with E-state index in [0.29, 0.717) is 11.3 Å². The Kier molecular flexibility index (Phi) is 3.99. The smallest absolute Gasteiger partial charge is 0.160 e. The van der Waals surface area contributed by atoms with Gasteiger partial charge in [0.1, 0.15) is 0 Å². The monoisotopic (exact) mass is 302 g/mol. The molecule has 0 aliphatic rings. The fourth-order valence-corrected chi connectivity index (χ4v) is 2.11. The number of Topliss-reactive ketones (excluding diaryl/α,β-unsaturated/α-hetero) is 1. The maximum atomic E-state index is 11.3. The molecule has 0 saturated carbocycles. The van der Waals surface area contributed by atoms with Crippen LogP contribution in [0.15, 0.2) is 63.2 Å². The van der Waals surface area contributed by atoms with E-state index in [0.717, 1.165) is 10.2 Å². The summed E-state index contributed by atoms with van der Waals surface area (Å²) in [6, 6.07) is 14.8. The van der Waals surface area contributed by atoms with Gasteiger partial charge >= 0.3 is 0 Å². The summed E-state index contributed by atoms with van der Waals surface area (Å²) in [6.07, 6.45) is 0. The molecule has 2 rings (SSSR count). The number of carbonyl (C=O) groups excluding carboxylic acids is 1. The molecule has 4 heteroatoms. The highest BCUT2D eigenvalue weighted by molar-refractivity contribution is 9.10. The minimum Gasteiger partial charge on any atom is -0.294 e. The van der Waals surface area contributed by atoms with Gasteiger partial charge in [0.2, 0.25) is 0 Å². The van der Waals surface area contributed by atoms with E-state index in [1.54, 1.807) is 18.2 Å². The lowest BCUT2D eigenvalue weighted by Crippen LogP contribution is -1.92. The van der Waals surface area contributed by atoms with Gasteiger partial charge in [0.15, 0.2) is 5.78 Å². The number of hydrogen-bond acceptors (Lipinski definition) is 3. The normalized spacial score (nSPS) is 10.8. The average Bonchev–Trinajstić information content (AvgIpc) is 2.37.